The normalized spacial score (nSPS) is 14.5. The molecule has 1 aromatic heterocycles. The molecule has 0 spiro atoms. The Bertz CT molecular complexity index is 686. The molecule has 0 unspecified atom stereocenters. The molecular weight excluding hydrogens is 302 g/mol. The SMILES string of the molecule is CCc1nnsc1C(=O)N[C@H](C)c1ccc2c(c1)OCCO2. The lowest BCUT2D eigenvalue weighted by Crippen LogP contribution is -2.27. The number of nitrogens with zero attached hydrogens (tertiary/aromatic N) is 2. The second kappa shape index (κ2) is 6.31. The highest BCUT2D eigenvalue weighted by molar-refractivity contribution is 7.08. The van der Waals surface area contributed by atoms with Crippen LogP contribution in [0.5, 0.6) is 11.5 Å². The minimum Gasteiger partial charge on any atom is -0.486 e. The Morgan fingerprint density at radius 1 is 1.36 bits per heavy atom. The molecule has 0 saturated heterocycles. The van der Waals surface area contributed by atoms with E-state index in [4.69, 9.17) is 9.47 Å². The molecule has 1 aliphatic heterocycles. The Hall–Kier alpha value is -2.15. The fourth-order valence-electron chi connectivity index (χ4n) is 2.29. The van der Waals surface area contributed by atoms with Crippen molar-refractivity contribution in [3.8, 4) is 11.5 Å². The zero-order valence-electron chi connectivity index (χ0n) is 12.5. The number of hydrogen-bond acceptors (Lipinski definition) is 6. The minimum absolute atomic E-state index is 0.143. The Morgan fingerprint density at radius 3 is 2.91 bits per heavy atom. The smallest absolute Gasteiger partial charge is 0.265 e. The number of amides is 1. The first-order chi connectivity index (χ1) is 10.7. The second-order valence-corrected chi connectivity index (χ2v) is 5.75. The Labute approximate surface area is 132 Å². The molecule has 0 aliphatic carbocycles. The van der Waals surface area contributed by atoms with Crippen LogP contribution in [0, 0.1) is 0 Å². The molecule has 2 heterocycles. The summed E-state index contributed by atoms with van der Waals surface area (Å²) in [6.45, 7) is 5.00. The lowest BCUT2D eigenvalue weighted by Gasteiger charge is -2.21. The number of nitrogens with one attached hydrogen (secondary N) is 1. The van der Waals surface area contributed by atoms with Gasteiger partial charge in [0.05, 0.1) is 11.7 Å². The van der Waals surface area contributed by atoms with Crippen molar-refractivity contribution in [2.75, 3.05) is 13.2 Å². The van der Waals surface area contributed by atoms with E-state index >= 15 is 0 Å². The average molecular weight is 319 g/mol. The molecule has 0 saturated carbocycles. The Balaban J connectivity index is 1.74. The van der Waals surface area contributed by atoms with Crippen LogP contribution in [0.1, 0.15) is 40.8 Å². The van der Waals surface area contributed by atoms with Crippen LogP contribution < -0.4 is 14.8 Å². The summed E-state index contributed by atoms with van der Waals surface area (Å²) < 4.78 is 14.9. The van der Waals surface area contributed by atoms with Crippen molar-refractivity contribution in [1.82, 2.24) is 14.9 Å². The maximum Gasteiger partial charge on any atom is 0.265 e. The van der Waals surface area contributed by atoms with Crippen LogP contribution >= 0.6 is 11.5 Å². The first kappa shape index (κ1) is 14.8. The topological polar surface area (TPSA) is 73.3 Å². The van der Waals surface area contributed by atoms with Gasteiger partial charge in [-0.1, -0.05) is 17.5 Å². The molecule has 3 rings (SSSR count). The molecule has 116 valence electrons. The van der Waals surface area contributed by atoms with E-state index in [1.807, 2.05) is 32.0 Å². The van der Waals surface area contributed by atoms with Crippen LogP contribution in [0.4, 0.5) is 0 Å². The van der Waals surface area contributed by atoms with Crippen molar-refractivity contribution < 1.29 is 14.3 Å². The third-order valence-electron chi connectivity index (χ3n) is 3.51. The molecule has 1 atom stereocenters. The summed E-state index contributed by atoms with van der Waals surface area (Å²) in [6.07, 6.45) is 0.692. The van der Waals surface area contributed by atoms with Crippen molar-refractivity contribution in [1.29, 1.82) is 0 Å². The van der Waals surface area contributed by atoms with E-state index < -0.39 is 0 Å². The van der Waals surface area contributed by atoms with Crippen LogP contribution in [0.15, 0.2) is 18.2 Å². The highest BCUT2D eigenvalue weighted by atomic mass is 32.1. The number of ether oxygens (including phenoxy) is 2. The number of carbonyl (C=O) groups is 1. The Morgan fingerprint density at radius 2 is 2.14 bits per heavy atom. The van der Waals surface area contributed by atoms with Gasteiger partial charge >= 0.3 is 0 Å². The van der Waals surface area contributed by atoms with E-state index in [9.17, 15) is 4.79 Å². The number of carbonyl (C=O) groups excluding carboxylic acids is 1. The van der Waals surface area contributed by atoms with Gasteiger partial charge in [-0.2, -0.15) is 0 Å². The van der Waals surface area contributed by atoms with Gasteiger partial charge in [-0.15, -0.1) is 5.10 Å². The van der Waals surface area contributed by atoms with Gasteiger partial charge in [0.1, 0.15) is 18.1 Å². The molecular formula is C15H17N3O3S. The van der Waals surface area contributed by atoms with Crippen LogP contribution in [-0.4, -0.2) is 28.7 Å². The van der Waals surface area contributed by atoms with Gasteiger partial charge in [0.2, 0.25) is 0 Å². The molecule has 1 aliphatic rings. The van der Waals surface area contributed by atoms with Crippen molar-refractivity contribution in [2.45, 2.75) is 26.3 Å². The van der Waals surface area contributed by atoms with Crippen molar-refractivity contribution in [3.05, 3.63) is 34.3 Å². The molecule has 1 N–H and O–H groups in total. The van der Waals surface area contributed by atoms with Gasteiger partial charge in [-0.25, -0.2) is 0 Å². The summed E-state index contributed by atoms with van der Waals surface area (Å²) in [4.78, 5) is 12.9. The predicted octanol–water partition coefficient (Wildman–Crippen LogP) is 2.36. The standard InChI is InChI=1S/C15H17N3O3S/c1-3-11-14(22-18-17-11)15(19)16-9(2)10-4-5-12-13(8-10)21-7-6-20-12/h4-5,8-9H,3,6-7H2,1-2H3,(H,16,19)/t9-/m1/s1. The van der Waals surface area contributed by atoms with Gasteiger partial charge in [0.25, 0.3) is 5.91 Å². The molecule has 7 heteroatoms. The van der Waals surface area contributed by atoms with E-state index in [1.54, 1.807) is 0 Å². The van der Waals surface area contributed by atoms with E-state index in [1.165, 1.54) is 0 Å². The molecule has 22 heavy (non-hydrogen) atoms. The fourth-order valence-corrected chi connectivity index (χ4v) is 2.94. The molecule has 1 aromatic carbocycles. The van der Waals surface area contributed by atoms with Crippen LogP contribution in [0.25, 0.3) is 0 Å². The molecule has 0 radical (unpaired) electrons. The summed E-state index contributed by atoms with van der Waals surface area (Å²) in [5.74, 6) is 1.32. The summed E-state index contributed by atoms with van der Waals surface area (Å²) in [7, 11) is 0. The number of benzene rings is 1. The van der Waals surface area contributed by atoms with Crippen molar-refractivity contribution in [3.63, 3.8) is 0 Å². The van der Waals surface area contributed by atoms with Crippen LogP contribution in [-0.2, 0) is 6.42 Å². The van der Waals surface area contributed by atoms with Gasteiger partial charge in [-0.3, -0.25) is 4.79 Å². The molecule has 6 nitrogen and oxygen atoms in total. The first-order valence-corrected chi connectivity index (χ1v) is 7.98. The quantitative estimate of drug-likeness (QED) is 0.936. The lowest BCUT2D eigenvalue weighted by atomic mass is 10.1. The van der Waals surface area contributed by atoms with Gasteiger partial charge in [0, 0.05) is 0 Å². The maximum atomic E-state index is 12.3. The number of rotatable bonds is 4. The van der Waals surface area contributed by atoms with E-state index in [-0.39, 0.29) is 11.9 Å². The van der Waals surface area contributed by atoms with Crippen LogP contribution in [0.2, 0.25) is 0 Å². The molecule has 2 aromatic rings. The predicted molar refractivity (Wildman–Crippen MR) is 82.6 cm³/mol. The lowest BCUT2D eigenvalue weighted by molar-refractivity contribution is 0.0942. The average Bonchev–Trinajstić information content (AvgIpc) is 3.03. The van der Waals surface area contributed by atoms with Gasteiger partial charge in [0.15, 0.2) is 11.5 Å². The van der Waals surface area contributed by atoms with Gasteiger partial charge in [-0.05, 0) is 42.6 Å². The fraction of sp³-hybridized carbons (Fsp3) is 0.400. The number of aromatic nitrogens is 2. The number of aryl methyl sites for hydroxylation is 1. The first-order valence-electron chi connectivity index (χ1n) is 7.20. The number of fused-ring (bicyclic) bond motifs is 1. The number of hydrogen-bond donors (Lipinski definition) is 1. The highest BCUT2D eigenvalue weighted by Gasteiger charge is 2.19. The zero-order valence-corrected chi connectivity index (χ0v) is 13.3. The van der Waals surface area contributed by atoms with E-state index in [0.717, 1.165) is 34.3 Å². The molecule has 0 bridgehead atoms. The van der Waals surface area contributed by atoms with E-state index in [0.29, 0.717) is 24.5 Å². The second-order valence-electron chi connectivity index (χ2n) is 5.00. The largest absolute Gasteiger partial charge is 0.486 e. The van der Waals surface area contributed by atoms with Crippen LogP contribution in [0.3, 0.4) is 0 Å². The highest BCUT2D eigenvalue weighted by Crippen LogP contribution is 2.32. The summed E-state index contributed by atoms with van der Waals surface area (Å²) >= 11 is 1.12. The minimum atomic E-state index is -0.144. The third kappa shape index (κ3) is 2.89. The monoisotopic (exact) mass is 319 g/mol. The van der Waals surface area contributed by atoms with E-state index in [2.05, 4.69) is 14.9 Å². The van der Waals surface area contributed by atoms with Crippen molar-refractivity contribution >= 4 is 17.4 Å². The summed E-state index contributed by atoms with van der Waals surface area (Å²) in [6, 6.07) is 5.57. The molecule has 0 fully saturated rings. The maximum absolute atomic E-state index is 12.3. The summed E-state index contributed by atoms with van der Waals surface area (Å²) in [5, 5.41) is 6.94. The third-order valence-corrected chi connectivity index (χ3v) is 4.28. The Kier molecular flexibility index (Phi) is 4.24. The zero-order chi connectivity index (χ0) is 15.5. The van der Waals surface area contributed by atoms with Crippen molar-refractivity contribution in [2.24, 2.45) is 0 Å². The molecule has 1 amide bonds. The van der Waals surface area contributed by atoms with Gasteiger partial charge < -0.3 is 14.8 Å². The summed E-state index contributed by atoms with van der Waals surface area (Å²) in [5.41, 5.74) is 1.70.